The van der Waals surface area contributed by atoms with E-state index in [0.717, 1.165) is 12.2 Å². The van der Waals surface area contributed by atoms with Gasteiger partial charge in [-0.15, -0.1) is 0 Å². The lowest BCUT2D eigenvalue weighted by Gasteiger charge is -2.06. The van der Waals surface area contributed by atoms with Crippen molar-refractivity contribution < 1.29 is 4.74 Å². The Hall–Kier alpha value is -1.76. The zero-order valence-corrected chi connectivity index (χ0v) is 13.5. The van der Waals surface area contributed by atoms with Crippen LogP contribution in [0.3, 0.4) is 0 Å². The van der Waals surface area contributed by atoms with E-state index < -0.39 is 0 Å². The molecule has 0 radical (unpaired) electrons. The summed E-state index contributed by atoms with van der Waals surface area (Å²) >= 11 is 0. The monoisotopic (exact) mass is 272 g/mol. The molecule has 1 heteroatoms. The highest BCUT2D eigenvalue weighted by Crippen LogP contribution is 2.14. The summed E-state index contributed by atoms with van der Waals surface area (Å²) < 4.78 is 5.69. The van der Waals surface area contributed by atoms with E-state index in [9.17, 15) is 0 Å². The summed E-state index contributed by atoms with van der Waals surface area (Å²) in [6.07, 6.45) is 1.07. The molecule has 2 aromatic rings. The van der Waals surface area contributed by atoms with Gasteiger partial charge < -0.3 is 4.74 Å². The molecule has 0 aliphatic rings. The maximum Gasteiger partial charge on any atom is 0.119 e. The molecule has 0 aliphatic heterocycles. The molecule has 1 nitrogen and oxygen atoms in total. The number of hydrogen-bond acceptors (Lipinski definition) is 1. The molecule has 0 heterocycles. The van der Waals surface area contributed by atoms with Crippen molar-refractivity contribution in [2.24, 2.45) is 0 Å². The first kappa shape index (κ1) is 18.2. The first-order chi connectivity index (χ1) is 9.88. The Morgan fingerprint density at radius 2 is 1.25 bits per heavy atom. The van der Waals surface area contributed by atoms with Crippen LogP contribution in [-0.2, 0) is 13.0 Å². The Kier molecular flexibility index (Phi) is 11.2. The van der Waals surface area contributed by atoms with Crippen molar-refractivity contribution in [3.63, 3.8) is 0 Å². The Labute approximate surface area is 124 Å². The van der Waals surface area contributed by atoms with Gasteiger partial charge >= 0.3 is 0 Å². The third kappa shape index (κ3) is 6.98. The average molecular weight is 272 g/mol. The molecule has 0 saturated heterocycles. The van der Waals surface area contributed by atoms with Crippen molar-refractivity contribution in [1.29, 1.82) is 0 Å². The van der Waals surface area contributed by atoms with Gasteiger partial charge in [-0.3, -0.25) is 0 Å². The number of benzene rings is 2. The van der Waals surface area contributed by atoms with Crippen LogP contribution < -0.4 is 4.74 Å². The Morgan fingerprint density at radius 1 is 0.700 bits per heavy atom. The van der Waals surface area contributed by atoms with Crippen molar-refractivity contribution in [2.75, 3.05) is 0 Å². The second-order valence-electron chi connectivity index (χ2n) is 3.77. The molecule has 0 unspecified atom stereocenters. The van der Waals surface area contributed by atoms with E-state index in [-0.39, 0.29) is 0 Å². The lowest BCUT2D eigenvalue weighted by Crippen LogP contribution is -1.94. The largest absolute Gasteiger partial charge is 0.489 e. The fourth-order valence-corrected chi connectivity index (χ4v) is 1.56. The minimum absolute atomic E-state index is 0.631. The smallest absolute Gasteiger partial charge is 0.119 e. The zero-order chi connectivity index (χ0) is 15.2. The van der Waals surface area contributed by atoms with E-state index in [1.165, 1.54) is 11.1 Å². The third-order valence-electron chi connectivity index (χ3n) is 2.58. The molecular formula is C19H28O. The Balaban J connectivity index is 0.000000829. The molecule has 0 bridgehead atoms. The van der Waals surface area contributed by atoms with Crippen molar-refractivity contribution in [2.45, 2.75) is 47.6 Å². The summed E-state index contributed by atoms with van der Waals surface area (Å²) in [4.78, 5) is 0. The molecule has 0 aromatic heterocycles. The SMILES string of the molecule is CC.CC.CCc1ccc(OCc2ccccc2)cc1. The maximum absolute atomic E-state index is 5.69. The average Bonchev–Trinajstić information content (AvgIpc) is 2.58. The van der Waals surface area contributed by atoms with Crippen LogP contribution >= 0.6 is 0 Å². The molecule has 0 atom stereocenters. The fraction of sp³-hybridized carbons (Fsp3) is 0.368. The topological polar surface area (TPSA) is 9.23 Å². The quantitative estimate of drug-likeness (QED) is 0.675. The summed E-state index contributed by atoms with van der Waals surface area (Å²) in [5, 5.41) is 0. The molecule has 0 N–H and O–H groups in total. The highest BCUT2D eigenvalue weighted by molar-refractivity contribution is 5.27. The van der Waals surface area contributed by atoms with Gasteiger partial charge in [0.1, 0.15) is 12.4 Å². The first-order valence-electron chi connectivity index (χ1n) is 7.64. The Bertz CT molecular complexity index is 417. The predicted molar refractivity (Wildman–Crippen MR) is 89.3 cm³/mol. The maximum atomic E-state index is 5.69. The van der Waals surface area contributed by atoms with Gasteiger partial charge in [-0.25, -0.2) is 0 Å². The minimum atomic E-state index is 0.631. The molecule has 2 aromatic carbocycles. The van der Waals surface area contributed by atoms with Crippen LogP contribution in [0.1, 0.15) is 45.7 Å². The van der Waals surface area contributed by atoms with Crippen molar-refractivity contribution in [1.82, 2.24) is 0 Å². The van der Waals surface area contributed by atoms with E-state index in [4.69, 9.17) is 4.74 Å². The lowest BCUT2D eigenvalue weighted by molar-refractivity contribution is 0.306. The van der Waals surface area contributed by atoms with Crippen molar-refractivity contribution in [3.8, 4) is 5.75 Å². The van der Waals surface area contributed by atoms with Crippen molar-refractivity contribution in [3.05, 3.63) is 65.7 Å². The number of ether oxygens (including phenoxy) is 1. The first-order valence-corrected chi connectivity index (χ1v) is 7.64. The number of rotatable bonds is 4. The molecule has 110 valence electrons. The number of aryl methyl sites for hydroxylation is 1. The lowest BCUT2D eigenvalue weighted by atomic mass is 10.2. The van der Waals surface area contributed by atoms with E-state index in [2.05, 4.69) is 31.2 Å². The molecule has 0 spiro atoms. The summed E-state index contributed by atoms with van der Waals surface area (Å²) in [5.41, 5.74) is 2.54. The minimum Gasteiger partial charge on any atom is -0.489 e. The van der Waals surface area contributed by atoms with Gasteiger partial charge in [0.05, 0.1) is 0 Å². The molecule has 2 rings (SSSR count). The summed E-state index contributed by atoms with van der Waals surface area (Å²) in [5.74, 6) is 0.932. The van der Waals surface area contributed by atoms with Crippen LogP contribution in [-0.4, -0.2) is 0 Å². The number of hydrogen-bond donors (Lipinski definition) is 0. The summed E-state index contributed by atoms with van der Waals surface area (Å²) in [7, 11) is 0. The predicted octanol–water partition coefficient (Wildman–Crippen LogP) is 5.88. The molecule has 20 heavy (non-hydrogen) atoms. The van der Waals surface area contributed by atoms with E-state index in [1.54, 1.807) is 0 Å². The molecule has 0 amide bonds. The van der Waals surface area contributed by atoms with Gasteiger partial charge in [0.2, 0.25) is 0 Å². The second kappa shape index (κ2) is 12.3. The van der Waals surface area contributed by atoms with Gasteiger partial charge in [-0.2, -0.15) is 0 Å². The van der Waals surface area contributed by atoms with Crippen LogP contribution in [0.4, 0.5) is 0 Å². The van der Waals surface area contributed by atoms with Gasteiger partial charge in [-0.1, -0.05) is 77.1 Å². The van der Waals surface area contributed by atoms with Crippen LogP contribution in [0.2, 0.25) is 0 Å². The van der Waals surface area contributed by atoms with Gasteiger partial charge in [0.25, 0.3) is 0 Å². The van der Waals surface area contributed by atoms with Gasteiger partial charge in [-0.05, 0) is 29.7 Å². The van der Waals surface area contributed by atoms with Gasteiger partial charge in [0, 0.05) is 0 Å². The highest BCUT2D eigenvalue weighted by Gasteiger charge is 1.95. The summed E-state index contributed by atoms with van der Waals surface area (Å²) in [6, 6.07) is 18.5. The van der Waals surface area contributed by atoms with Crippen LogP contribution in [0, 0.1) is 0 Å². The highest BCUT2D eigenvalue weighted by atomic mass is 16.5. The third-order valence-corrected chi connectivity index (χ3v) is 2.58. The summed E-state index contributed by atoms with van der Waals surface area (Å²) in [6.45, 7) is 10.8. The van der Waals surface area contributed by atoms with E-state index in [0.29, 0.717) is 6.61 Å². The van der Waals surface area contributed by atoms with Crippen LogP contribution in [0.5, 0.6) is 5.75 Å². The van der Waals surface area contributed by atoms with Crippen LogP contribution in [0.25, 0.3) is 0 Å². The fourth-order valence-electron chi connectivity index (χ4n) is 1.56. The van der Waals surface area contributed by atoms with Crippen LogP contribution in [0.15, 0.2) is 54.6 Å². The molecule has 0 fully saturated rings. The molecular weight excluding hydrogens is 244 g/mol. The van der Waals surface area contributed by atoms with Gasteiger partial charge in [0.15, 0.2) is 0 Å². The molecule has 0 saturated carbocycles. The van der Waals surface area contributed by atoms with E-state index >= 15 is 0 Å². The Morgan fingerprint density at radius 3 is 1.75 bits per heavy atom. The van der Waals surface area contributed by atoms with E-state index in [1.807, 2.05) is 58.0 Å². The second-order valence-corrected chi connectivity index (χ2v) is 3.77. The molecule has 0 aliphatic carbocycles. The zero-order valence-electron chi connectivity index (χ0n) is 13.5. The normalized spacial score (nSPS) is 8.65. The van der Waals surface area contributed by atoms with Crippen molar-refractivity contribution >= 4 is 0 Å². The standard InChI is InChI=1S/C15H16O.2C2H6/c1-2-13-8-10-15(11-9-13)16-12-14-6-4-3-5-7-14;2*1-2/h3-11H,2,12H2,1H3;2*1-2H3.